The Balaban J connectivity index is 1.92. The largest absolute Gasteiger partial charge is 0.382 e. The summed E-state index contributed by atoms with van der Waals surface area (Å²) in [6.45, 7) is 4.05. The average Bonchev–Trinajstić information content (AvgIpc) is 2.43. The molecule has 0 N–H and O–H groups in total. The van der Waals surface area contributed by atoms with Crippen LogP contribution in [-0.4, -0.2) is 19.9 Å². The molecule has 112 valence electrons. The Morgan fingerprint density at radius 1 is 1.05 bits per heavy atom. The first kappa shape index (κ1) is 15.9. The van der Waals surface area contributed by atoms with Crippen LogP contribution in [0, 0.1) is 13.8 Å². The molecule has 0 atom stereocenters. The molecule has 2 rings (SSSR count). The van der Waals surface area contributed by atoms with Gasteiger partial charge in [0.15, 0.2) is 0 Å². The van der Waals surface area contributed by atoms with Gasteiger partial charge < -0.3 is 4.18 Å². The van der Waals surface area contributed by atoms with Gasteiger partial charge in [0.05, 0.1) is 5.75 Å². The molecule has 5 heteroatoms. The predicted molar refractivity (Wildman–Crippen MR) is 87.5 cm³/mol. The van der Waals surface area contributed by atoms with Crippen LogP contribution in [0.15, 0.2) is 53.4 Å². The third-order valence-electron chi connectivity index (χ3n) is 2.90. The van der Waals surface area contributed by atoms with E-state index >= 15 is 0 Å². The monoisotopic (exact) mass is 322 g/mol. The van der Waals surface area contributed by atoms with E-state index in [-0.39, 0.29) is 5.75 Å². The molecule has 3 nitrogen and oxygen atoms in total. The molecule has 0 bridgehead atoms. The van der Waals surface area contributed by atoms with E-state index in [1.54, 1.807) is 24.3 Å². The number of thioether (sulfide) groups is 1. The second-order valence-corrected chi connectivity index (χ2v) is 7.60. The highest BCUT2D eigenvalue weighted by Crippen LogP contribution is 2.24. The van der Waals surface area contributed by atoms with Crippen molar-refractivity contribution in [3.05, 3.63) is 59.7 Å². The topological polar surface area (TPSA) is 43.4 Å². The Labute approximate surface area is 130 Å². The van der Waals surface area contributed by atoms with Gasteiger partial charge in [0.2, 0.25) is 0 Å². The van der Waals surface area contributed by atoms with Gasteiger partial charge in [-0.25, -0.2) is 0 Å². The number of hydrogen-bond acceptors (Lipinski definition) is 4. The molecule has 0 aliphatic carbocycles. The first-order chi connectivity index (χ1) is 9.96. The quantitative estimate of drug-likeness (QED) is 0.599. The number of hydrogen-bond donors (Lipinski definition) is 0. The summed E-state index contributed by atoms with van der Waals surface area (Å²) in [4.78, 5) is 1.12. The number of rotatable bonds is 6. The lowest BCUT2D eigenvalue weighted by Gasteiger charge is -2.08. The van der Waals surface area contributed by atoms with Crippen molar-refractivity contribution in [2.75, 3.05) is 11.5 Å². The Morgan fingerprint density at radius 2 is 1.76 bits per heavy atom. The van der Waals surface area contributed by atoms with Crippen LogP contribution in [0.5, 0.6) is 5.75 Å². The van der Waals surface area contributed by atoms with Crippen LogP contribution in [0.25, 0.3) is 0 Å². The van der Waals surface area contributed by atoms with Crippen LogP contribution in [0.2, 0.25) is 0 Å². The molecule has 2 aromatic carbocycles. The molecule has 0 radical (unpaired) electrons. The van der Waals surface area contributed by atoms with Crippen LogP contribution in [0.3, 0.4) is 0 Å². The standard InChI is InChI=1S/C16H18O3S2/c1-13-8-9-14(2)16(12-13)20-10-11-21(17,18)19-15-6-4-3-5-7-15/h3-9,12H,10-11H2,1-2H3. The van der Waals surface area contributed by atoms with Gasteiger partial charge in [-0.3, -0.25) is 0 Å². The molecule has 21 heavy (non-hydrogen) atoms. The fraction of sp³-hybridized carbons (Fsp3) is 0.250. The molecule has 0 unspecified atom stereocenters. The van der Waals surface area contributed by atoms with E-state index in [0.717, 1.165) is 10.5 Å². The van der Waals surface area contributed by atoms with Gasteiger partial charge in [-0.15, -0.1) is 11.8 Å². The fourth-order valence-corrected chi connectivity index (χ4v) is 4.20. The van der Waals surface area contributed by atoms with Crippen molar-refractivity contribution in [2.45, 2.75) is 18.7 Å². The SMILES string of the molecule is Cc1ccc(C)c(SCCS(=O)(=O)Oc2ccccc2)c1. The highest BCUT2D eigenvalue weighted by Gasteiger charge is 2.13. The van der Waals surface area contributed by atoms with Crippen molar-refractivity contribution < 1.29 is 12.6 Å². The molecule has 0 spiro atoms. The molecule has 0 aliphatic heterocycles. The van der Waals surface area contributed by atoms with Crippen molar-refractivity contribution >= 4 is 21.9 Å². The summed E-state index contributed by atoms with van der Waals surface area (Å²) in [5.74, 6) is 0.814. The fourth-order valence-electron chi connectivity index (χ4n) is 1.78. The Morgan fingerprint density at radius 3 is 2.48 bits per heavy atom. The summed E-state index contributed by atoms with van der Waals surface area (Å²) in [5.41, 5.74) is 2.33. The molecule has 0 aliphatic rings. The van der Waals surface area contributed by atoms with Crippen molar-refractivity contribution in [3.8, 4) is 5.75 Å². The van der Waals surface area contributed by atoms with Crippen molar-refractivity contribution in [3.63, 3.8) is 0 Å². The van der Waals surface area contributed by atoms with Crippen molar-refractivity contribution in [1.29, 1.82) is 0 Å². The second-order valence-electron chi connectivity index (χ2n) is 4.78. The zero-order valence-corrected chi connectivity index (χ0v) is 13.7. The molecule has 0 saturated carbocycles. The first-order valence-corrected chi connectivity index (χ1v) is 9.20. The average molecular weight is 322 g/mol. The smallest absolute Gasteiger partial charge is 0.310 e. The van der Waals surface area contributed by atoms with Crippen LogP contribution >= 0.6 is 11.8 Å². The molecule has 0 aromatic heterocycles. The summed E-state index contributed by atoms with van der Waals surface area (Å²) >= 11 is 1.54. The lowest BCUT2D eigenvalue weighted by Crippen LogP contribution is -2.15. The zero-order valence-electron chi connectivity index (χ0n) is 12.1. The summed E-state index contributed by atoms with van der Waals surface area (Å²) in [6, 6.07) is 14.7. The number of benzene rings is 2. The molecule has 0 saturated heterocycles. The molecular formula is C16H18O3S2. The van der Waals surface area contributed by atoms with Gasteiger partial charge in [0.1, 0.15) is 5.75 Å². The Kier molecular flexibility index (Phi) is 5.31. The minimum Gasteiger partial charge on any atom is -0.382 e. The van der Waals surface area contributed by atoms with Gasteiger partial charge >= 0.3 is 10.1 Å². The minimum absolute atomic E-state index is 0.0139. The molecular weight excluding hydrogens is 304 g/mol. The van der Waals surface area contributed by atoms with Crippen molar-refractivity contribution in [2.24, 2.45) is 0 Å². The third-order valence-corrected chi connectivity index (χ3v) is 5.47. The van der Waals surface area contributed by atoms with Gasteiger partial charge in [-0.1, -0.05) is 35.9 Å². The number of para-hydroxylation sites is 1. The van der Waals surface area contributed by atoms with Crippen LogP contribution < -0.4 is 4.18 Å². The van der Waals surface area contributed by atoms with Crippen LogP contribution in [-0.2, 0) is 10.1 Å². The summed E-state index contributed by atoms with van der Waals surface area (Å²) < 4.78 is 28.9. The van der Waals surface area contributed by atoms with Gasteiger partial charge in [0.25, 0.3) is 0 Å². The minimum atomic E-state index is -3.55. The van der Waals surface area contributed by atoms with E-state index in [1.807, 2.05) is 26.0 Å². The van der Waals surface area contributed by atoms with Crippen LogP contribution in [0.1, 0.15) is 11.1 Å². The molecule has 0 fully saturated rings. The highest BCUT2D eigenvalue weighted by atomic mass is 32.2. The zero-order chi connectivity index (χ0) is 15.3. The lowest BCUT2D eigenvalue weighted by molar-refractivity contribution is 0.488. The highest BCUT2D eigenvalue weighted by molar-refractivity contribution is 8.00. The maximum atomic E-state index is 11.9. The van der Waals surface area contributed by atoms with E-state index in [0.29, 0.717) is 11.5 Å². The second kappa shape index (κ2) is 7.00. The maximum absolute atomic E-state index is 11.9. The Bertz CT molecular complexity index is 695. The number of aryl methyl sites for hydroxylation is 2. The van der Waals surface area contributed by atoms with Gasteiger partial charge in [-0.05, 0) is 37.6 Å². The van der Waals surface area contributed by atoms with E-state index in [2.05, 4.69) is 12.1 Å². The lowest BCUT2D eigenvalue weighted by atomic mass is 10.2. The van der Waals surface area contributed by atoms with Crippen LogP contribution in [0.4, 0.5) is 0 Å². The molecule has 0 heterocycles. The van der Waals surface area contributed by atoms with Gasteiger partial charge in [-0.2, -0.15) is 8.42 Å². The third kappa shape index (κ3) is 5.10. The van der Waals surface area contributed by atoms with E-state index < -0.39 is 10.1 Å². The van der Waals surface area contributed by atoms with E-state index in [9.17, 15) is 8.42 Å². The Hall–Kier alpha value is -1.46. The van der Waals surface area contributed by atoms with E-state index in [1.165, 1.54) is 17.3 Å². The first-order valence-electron chi connectivity index (χ1n) is 6.63. The maximum Gasteiger partial charge on any atom is 0.310 e. The van der Waals surface area contributed by atoms with Crippen molar-refractivity contribution in [1.82, 2.24) is 0 Å². The summed E-state index contributed by atoms with van der Waals surface area (Å²) in [6.07, 6.45) is 0. The van der Waals surface area contributed by atoms with E-state index in [4.69, 9.17) is 4.18 Å². The molecule has 2 aromatic rings. The van der Waals surface area contributed by atoms with Gasteiger partial charge in [0, 0.05) is 10.6 Å². The summed E-state index contributed by atoms with van der Waals surface area (Å²) in [5, 5.41) is 0. The normalized spacial score (nSPS) is 11.3. The summed E-state index contributed by atoms with van der Waals surface area (Å²) in [7, 11) is -3.55. The molecule has 0 amide bonds. The predicted octanol–water partition coefficient (Wildman–Crippen LogP) is 3.80.